The maximum atomic E-state index is 13.1. The number of hydrogen-bond donors (Lipinski definition) is 2. The molecule has 3 atom stereocenters. The van der Waals surface area contributed by atoms with Crippen LogP contribution in [-0.4, -0.2) is 48.8 Å². The van der Waals surface area contributed by atoms with Crippen molar-refractivity contribution in [2.75, 3.05) is 7.05 Å². The van der Waals surface area contributed by atoms with E-state index in [1.165, 1.54) is 25.2 Å². The first kappa shape index (κ1) is 23.9. The summed E-state index contributed by atoms with van der Waals surface area (Å²) in [6, 6.07) is 2.43. The Bertz CT molecular complexity index is 855. The number of carbonyl (C=O) groups is 2. The van der Waals surface area contributed by atoms with Crippen LogP contribution >= 0.6 is 23.2 Å². The number of carboxylic acid groups (broad SMARTS) is 1. The smallest absolute Gasteiger partial charge is 0.308 e. The third-order valence-corrected chi connectivity index (χ3v) is 7.47. The van der Waals surface area contributed by atoms with Gasteiger partial charge in [-0.05, 0) is 37.0 Å². The Morgan fingerprint density at radius 1 is 1.14 bits per heavy atom. The Morgan fingerprint density at radius 2 is 1.69 bits per heavy atom. The van der Waals surface area contributed by atoms with Crippen LogP contribution < -0.4 is 5.32 Å². The molecule has 3 unspecified atom stereocenters. The van der Waals surface area contributed by atoms with Crippen LogP contribution in [0, 0.1) is 11.8 Å². The summed E-state index contributed by atoms with van der Waals surface area (Å²) in [5.41, 5.74) is 0. The van der Waals surface area contributed by atoms with Crippen molar-refractivity contribution in [1.82, 2.24) is 9.62 Å². The molecule has 1 aromatic rings. The highest BCUT2D eigenvalue weighted by Gasteiger charge is 2.38. The second-order valence-corrected chi connectivity index (χ2v) is 10.5. The normalized spacial score (nSPS) is 21.2. The average molecular weight is 465 g/mol. The second kappa shape index (κ2) is 9.64. The predicted molar refractivity (Wildman–Crippen MR) is 112 cm³/mol. The van der Waals surface area contributed by atoms with Gasteiger partial charge in [0.15, 0.2) is 0 Å². The summed E-state index contributed by atoms with van der Waals surface area (Å²) in [4.78, 5) is 24.4. The highest BCUT2D eigenvalue weighted by Crippen LogP contribution is 2.28. The van der Waals surface area contributed by atoms with Crippen molar-refractivity contribution in [3.8, 4) is 0 Å². The summed E-state index contributed by atoms with van der Waals surface area (Å²) in [5.74, 6) is -2.49. The average Bonchev–Trinajstić information content (AvgIpc) is 2.60. The molecule has 0 heterocycles. The molecule has 162 valence electrons. The van der Waals surface area contributed by atoms with Crippen molar-refractivity contribution in [2.45, 2.75) is 56.5 Å². The molecule has 2 N–H and O–H groups in total. The fraction of sp³-hybridized carbons (Fsp3) is 0.579. The van der Waals surface area contributed by atoms with Crippen LogP contribution in [0.5, 0.6) is 0 Å². The molecular formula is C19H26Cl2N2O5S. The summed E-state index contributed by atoms with van der Waals surface area (Å²) in [6.45, 7) is 3.47. The highest BCUT2D eigenvalue weighted by molar-refractivity contribution is 7.89. The van der Waals surface area contributed by atoms with E-state index in [0.717, 1.165) is 17.1 Å². The van der Waals surface area contributed by atoms with E-state index in [1.54, 1.807) is 13.8 Å². The molecule has 1 aromatic carbocycles. The number of likely N-dealkylation sites (N-methyl/N-ethyl adjacent to an activating group) is 1. The quantitative estimate of drug-likeness (QED) is 0.643. The van der Waals surface area contributed by atoms with Gasteiger partial charge in [-0.1, -0.05) is 49.9 Å². The fourth-order valence-corrected chi connectivity index (χ4v) is 5.93. The molecule has 0 spiro atoms. The van der Waals surface area contributed by atoms with Gasteiger partial charge in [-0.3, -0.25) is 9.59 Å². The minimum Gasteiger partial charge on any atom is -0.481 e. The summed E-state index contributed by atoms with van der Waals surface area (Å²) >= 11 is 11.9. The standard InChI is InChI=1S/C19H26Cl2N2O5S/c1-11(2)17(18(24)22-16-7-5-4-6-15(16)19(25)26)23(3)29(27,28)14-9-12(20)8-13(21)10-14/h8-11,15-17H,4-7H2,1-3H3,(H,22,24)(H,25,26). The minimum atomic E-state index is -4.06. The molecule has 10 heteroatoms. The molecular weight excluding hydrogens is 439 g/mol. The Kier molecular flexibility index (Phi) is 7.95. The molecule has 29 heavy (non-hydrogen) atoms. The zero-order chi connectivity index (χ0) is 21.9. The maximum absolute atomic E-state index is 13.1. The van der Waals surface area contributed by atoms with Crippen LogP contribution in [0.1, 0.15) is 39.5 Å². The molecule has 0 radical (unpaired) electrons. The summed E-state index contributed by atoms with van der Waals surface area (Å²) < 4.78 is 27.2. The van der Waals surface area contributed by atoms with Crippen molar-refractivity contribution in [1.29, 1.82) is 0 Å². The van der Waals surface area contributed by atoms with E-state index in [4.69, 9.17) is 23.2 Å². The number of carbonyl (C=O) groups excluding carboxylic acids is 1. The lowest BCUT2D eigenvalue weighted by atomic mass is 9.84. The number of aliphatic carboxylic acids is 1. The van der Waals surface area contributed by atoms with E-state index >= 15 is 0 Å². The molecule has 0 aliphatic heterocycles. The van der Waals surface area contributed by atoms with Crippen LogP contribution in [0.3, 0.4) is 0 Å². The summed E-state index contributed by atoms with van der Waals surface area (Å²) in [6.07, 6.45) is 2.65. The first-order valence-electron chi connectivity index (χ1n) is 9.42. The zero-order valence-electron chi connectivity index (χ0n) is 16.6. The van der Waals surface area contributed by atoms with Gasteiger partial charge in [0.2, 0.25) is 15.9 Å². The van der Waals surface area contributed by atoms with Crippen LogP contribution in [0.2, 0.25) is 10.0 Å². The van der Waals surface area contributed by atoms with Crippen molar-refractivity contribution >= 4 is 45.1 Å². The number of rotatable bonds is 7. The largest absolute Gasteiger partial charge is 0.481 e. The first-order chi connectivity index (χ1) is 13.4. The Labute approximate surface area is 181 Å². The van der Waals surface area contributed by atoms with Crippen molar-refractivity contribution < 1.29 is 23.1 Å². The van der Waals surface area contributed by atoms with Gasteiger partial charge in [-0.15, -0.1) is 0 Å². The van der Waals surface area contributed by atoms with Gasteiger partial charge < -0.3 is 10.4 Å². The van der Waals surface area contributed by atoms with Crippen LogP contribution in [-0.2, 0) is 19.6 Å². The van der Waals surface area contributed by atoms with Crippen molar-refractivity contribution in [3.05, 3.63) is 28.2 Å². The third-order valence-electron chi connectivity index (χ3n) is 5.22. The Hall–Kier alpha value is -1.35. The van der Waals surface area contributed by atoms with Crippen molar-refractivity contribution in [2.24, 2.45) is 11.8 Å². The lowest BCUT2D eigenvalue weighted by molar-refractivity contribution is -0.144. The molecule has 1 fully saturated rings. The third kappa shape index (κ3) is 5.63. The second-order valence-electron chi connectivity index (χ2n) is 7.66. The molecule has 0 bridgehead atoms. The van der Waals surface area contributed by atoms with Crippen LogP contribution in [0.25, 0.3) is 0 Å². The first-order valence-corrected chi connectivity index (χ1v) is 11.6. The van der Waals surface area contributed by atoms with Gasteiger partial charge in [0.25, 0.3) is 0 Å². The SMILES string of the molecule is CC(C)C(C(=O)NC1CCCCC1C(=O)O)N(C)S(=O)(=O)c1cc(Cl)cc(Cl)c1. The molecule has 1 aliphatic carbocycles. The van der Waals surface area contributed by atoms with Gasteiger partial charge in [-0.2, -0.15) is 4.31 Å². The van der Waals surface area contributed by atoms with Crippen LogP contribution in [0.15, 0.2) is 23.1 Å². The number of nitrogens with one attached hydrogen (secondary N) is 1. The molecule has 7 nitrogen and oxygen atoms in total. The number of nitrogens with zero attached hydrogens (tertiary/aromatic N) is 1. The van der Waals surface area contributed by atoms with E-state index in [0.29, 0.717) is 12.8 Å². The summed E-state index contributed by atoms with van der Waals surface area (Å²) in [7, 11) is -2.73. The van der Waals surface area contributed by atoms with E-state index in [9.17, 15) is 23.1 Å². The molecule has 1 amide bonds. The fourth-order valence-electron chi connectivity index (χ4n) is 3.75. The van der Waals surface area contributed by atoms with Gasteiger partial charge in [0, 0.05) is 23.1 Å². The molecule has 1 aliphatic rings. The van der Waals surface area contributed by atoms with E-state index in [1.807, 2.05) is 0 Å². The Morgan fingerprint density at radius 3 is 2.21 bits per heavy atom. The molecule has 2 rings (SSSR count). The number of amides is 1. The van der Waals surface area contributed by atoms with Crippen molar-refractivity contribution in [3.63, 3.8) is 0 Å². The molecule has 1 saturated carbocycles. The maximum Gasteiger partial charge on any atom is 0.308 e. The highest BCUT2D eigenvalue weighted by atomic mass is 35.5. The predicted octanol–water partition coefficient (Wildman–Crippen LogP) is 3.40. The van der Waals surface area contributed by atoms with E-state index in [-0.39, 0.29) is 20.9 Å². The van der Waals surface area contributed by atoms with E-state index in [2.05, 4.69) is 5.32 Å². The molecule has 0 aromatic heterocycles. The van der Waals surface area contributed by atoms with Crippen LogP contribution in [0.4, 0.5) is 0 Å². The topological polar surface area (TPSA) is 104 Å². The van der Waals surface area contributed by atoms with Gasteiger partial charge in [-0.25, -0.2) is 8.42 Å². The minimum absolute atomic E-state index is 0.114. The van der Waals surface area contributed by atoms with Gasteiger partial charge in [0.1, 0.15) is 6.04 Å². The zero-order valence-corrected chi connectivity index (χ0v) is 18.9. The number of sulfonamides is 1. The monoisotopic (exact) mass is 464 g/mol. The number of halogens is 2. The van der Waals surface area contributed by atoms with Gasteiger partial charge in [0.05, 0.1) is 10.8 Å². The molecule has 0 saturated heterocycles. The summed E-state index contributed by atoms with van der Waals surface area (Å²) in [5, 5.41) is 12.5. The lowest BCUT2D eigenvalue weighted by Crippen LogP contribution is -2.55. The number of hydrogen-bond acceptors (Lipinski definition) is 4. The Balaban J connectivity index is 2.29. The van der Waals surface area contributed by atoms with E-state index < -0.39 is 39.9 Å². The number of carboxylic acids is 1. The number of benzene rings is 1. The van der Waals surface area contributed by atoms with Gasteiger partial charge >= 0.3 is 5.97 Å². The lowest BCUT2D eigenvalue weighted by Gasteiger charge is -2.34.